The fraction of sp³-hybridized carbons (Fsp3) is 0.636. The number of thiophene rings is 1. The van der Waals surface area contributed by atoms with E-state index in [9.17, 15) is 8.42 Å². The maximum atomic E-state index is 12.6. The summed E-state index contributed by atoms with van der Waals surface area (Å²) < 4.78 is 33.4. The van der Waals surface area contributed by atoms with Crippen molar-refractivity contribution < 1.29 is 13.2 Å². The van der Waals surface area contributed by atoms with E-state index in [2.05, 4.69) is 15.9 Å². The van der Waals surface area contributed by atoms with Gasteiger partial charge in [0.25, 0.3) is 10.0 Å². The maximum absolute atomic E-state index is 12.6. The van der Waals surface area contributed by atoms with Crippen molar-refractivity contribution in [3.63, 3.8) is 0 Å². The van der Waals surface area contributed by atoms with Crippen molar-refractivity contribution in [2.45, 2.75) is 30.5 Å². The van der Waals surface area contributed by atoms with Gasteiger partial charge in [0.15, 0.2) is 0 Å². The predicted octanol–water partition coefficient (Wildman–Crippen LogP) is 2.62. The Morgan fingerprint density at radius 2 is 2.33 bits per heavy atom. The second-order valence-electron chi connectivity index (χ2n) is 4.27. The minimum atomic E-state index is -3.38. The van der Waals surface area contributed by atoms with Crippen molar-refractivity contribution in [3.8, 4) is 0 Å². The molecule has 1 aliphatic rings. The lowest BCUT2D eigenvalue weighted by Gasteiger charge is -2.33. The molecule has 2 rings (SSSR count). The number of aryl methyl sites for hydroxylation is 1. The van der Waals surface area contributed by atoms with E-state index in [1.807, 2.05) is 13.8 Å². The quantitative estimate of drug-likeness (QED) is 0.838. The Balaban J connectivity index is 2.35. The van der Waals surface area contributed by atoms with E-state index in [4.69, 9.17) is 4.74 Å². The Hall–Kier alpha value is 0.0500. The molecule has 1 aromatic heterocycles. The molecule has 0 aliphatic carbocycles. The fourth-order valence-electron chi connectivity index (χ4n) is 1.95. The molecule has 1 fully saturated rings. The average molecular weight is 354 g/mol. The Kier molecular flexibility index (Phi) is 4.48. The zero-order valence-electron chi connectivity index (χ0n) is 10.3. The average Bonchev–Trinajstić information content (AvgIpc) is 2.70. The van der Waals surface area contributed by atoms with E-state index < -0.39 is 10.0 Å². The molecule has 1 unspecified atom stereocenters. The highest BCUT2D eigenvalue weighted by atomic mass is 79.9. The van der Waals surface area contributed by atoms with E-state index in [1.54, 1.807) is 10.4 Å². The molecule has 0 saturated carbocycles. The summed E-state index contributed by atoms with van der Waals surface area (Å²) in [7, 11) is -3.38. The summed E-state index contributed by atoms with van der Waals surface area (Å²) in [4.78, 5) is 0. The van der Waals surface area contributed by atoms with Gasteiger partial charge in [-0.1, -0.05) is 6.92 Å². The van der Waals surface area contributed by atoms with Gasteiger partial charge >= 0.3 is 0 Å². The highest BCUT2D eigenvalue weighted by Crippen LogP contribution is 2.33. The molecule has 0 radical (unpaired) electrons. The highest BCUT2D eigenvalue weighted by molar-refractivity contribution is 9.11. The Morgan fingerprint density at radius 1 is 1.61 bits per heavy atom. The lowest BCUT2D eigenvalue weighted by molar-refractivity contribution is 0.0315. The van der Waals surface area contributed by atoms with Crippen molar-refractivity contribution in [1.29, 1.82) is 0 Å². The first-order valence-corrected chi connectivity index (χ1v) is 8.87. The van der Waals surface area contributed by atoms with Crippen LogP contribution in [-0.2, 0) is 14.8 Å². The number of rotatable bonds is 3. The summed E-state index contributed by atoms with van der Waals surface area (Å²) in [5.74, 6) is 0. The summed E-state index contributed by atoms with van der Waals surface area (Å²) in [6, 6.07) is 1.68. The standard InChI is InChI=1S/C11H16BrNO3S2/c1-3-9-7-16-5-4-13(9)18(14,15)10-6-8(2)11(12)17-10/h6,9H,3-5,7H2,1-2H3. The van der Waals surface area contributed by atoms with Gasteiger partial charge in [0.05, 0.1) is 17.0 Å². The highest BCUT2D eigenvalue weighted by Gasteiger charge is 2.34. The van der Waals surface area contributed by atoms with Crippen LogP contribution in [0.3, 0.4) is 0 Å². The summed E-state index contributed by atoms with van der Waals surface area (Å²) in [6.45, 7) is 5.28. The third-order valence-electron chi connectivity index (χ3n) is 3.04. The summed E-state index contributed by atoms with van der Waals surface area (Å²) >= 11 is 4.65. The van der Waals surface area contributed by atoms with Gasteiger partial charge in [0.1, 0.15) is 4.21 Å². The van der Waals surface area contributed by atoms with E-state index in [-0.39, 0.29) is 6.04 Å². The van der Waals surface area contributed by atoms with Crippen LogP contribution in [0.15, 0.2) is 14.1 Å². The largest absolute Gasteiger partial charge is 0.378 e. The fourth-order valence-corrected chi connectivity index (χ4v) is 5.98. The van der Waals surface area contributed by atoms with Gasteiger partial charge in [0.2, 0.25) is 0 Å². The molecule has 0 bridgehead atoms. The van der Waals surface area contributed by atoms with Crippen LogP contribution < -0.4 is 0 Å². The van der Waals surface area contributed by atoms with Crippen LogP contribution >= 0.6 is 27.3 Å². The first-order chi connectivity index (χ1) is 8.46. The van der Waals surface area contributed by atoms with Crippen LogP contribution in [0.4, 0.5) is 0 Å². The van der Waals surface area contributed by atoms with E-state index >= 15 is 0 Å². The molecular weight excluding hydrogens is 338 g/mol. The molecule has 18 heavy (non-hydrogen) atoms. The molecular formula is C11H16BrNO3S2. The molecule has 0 aromatic carbocycles. The first kappa shape index (κ1) is 14.5. The van der Waals surface area contributed by atoms with E-state index in [1.165, 1.54) is 11.3 Å². The van der Waals surface area contributed by atoms with Gasteiger partial charge < -0.3 is 4.74 Å². The number of hydrogen-bond donors (Lipinski definition) is 0. The minimum Gasteiger partial charge on any atom is -0.378 e. The number of hydrogen-bond acceptors (Lipinski definition) is 4. The van der Waals surface area contributed by atoms with Gasteiger partial charge in [-0.3, -0.25) is 0 Å². The Labute approximate surface area is 120 Å². The van der Waals surface area contributed by atoms with Crippen molar-refractivity contribution in [3.05, 3.63) is 15.4 Å². The summed E-state index contributed by atoms with van der Waals surface area (Å²) in [5.41, 5.74) is 0.958. The maximum Gasteiger partial charge on any atom is 0.253 e. The van der Waals surface area contributed by atoms with Crippen LogP contribution in [-0.4, -0.2) is 38.5 Å². The minimum absolute atomic E-state index is 0.0510. The van der Waals surface area contributed by atoms with Crippen LogP contribution in [0.1, 0.15) is 18.9 Å². The van der Waals surface area contributed by atoms with Crippen LogP contribution in [0, 0.1) is 6.92 Å². The molecule has 1 aliphatic heterocycles. The smallest absolute Gasteiger partial charge is 0.253 e. The zero-order chi connectivity index (χ0) is 13.3. The van der Waals surface area contributed by atoms with Crippen LogP contribution in [0.5, 0.6) is 0 Å². The Bertz CT molecular complexity index is 507. The summed E-state index contributed by atoms with van der Waals surface area (Å²) in [5, 5.41) is 0. The van der Waals surface area contributed by atoms with Crippen molar-refractivity contribution >= 4 is 37.3 Å². The van der Waals surface area contributed by atoms with Crippen molar-refractivity contribution in [1.82, 2.24) is 4.31 Å². The van der Waals surface area contributed by atoms with Crippen molar-refractivity contribution in [2.24, 2.45) is 0 Å². The Morgan fingerprint density at radius 3 is 2.89 bits per heavy atom. The van der Waals surface area contributed by atoms with Gasteiger partial charge in [-0.25, -0.2) is 8.42 Å². The van der Waals surface area contributed by atoms with E-state index in [0.29, 0.717) is 24.0 Å². The third-order valence-corrected chi connectivity index (χ3v) is 7.58. The first-order valence-electron chi connectivity index (χ1n) is 5.82. The molecule has 0 N–H and O–H groups in total. The second kappa shape index (κ2) is 5.58. The molecule has 102 valence electrons. The van der Waals surface area contributed by atoms with Gasteiger partial charge in [-0.2, -0.15) is 4.31 Å². The number of nitrogens with zero attached hydrogens (tertiary/aromatic N) is 1. The van der Waals surface area contributed by atoms with Gasteiger partial charge in [-0.05, 0) is 40.9 Å². The number of sulfonamides is 1. The van der Waals surface area contributed by atoms with Gasteiger partial charge in [-0.15, -0.1) is 11.3 Å². The van der Waals surface area contributed by atoms with Gasteiger partial charge in [0, 0.05) is 12.6 Å². The topological polar surface area (TPSA) is 46.6 Å². The molecule has 0 amide bonds. The van der Waals surface area contributed by atoms with Crippen LogP contribution in [0.25, 0.3) is 0 Å². The third kappa shape index (κ3) is 2.65. The second-order valence-corrected chi connectivity index (χ2v) is 8.76. The van der Waals surface area contributed by atoms with Crippen LogP contribution in [0.2, 0.25) is 0 Å². The zero-order valence-corrected chi connectivity index (χ0v) is 13.6. The lowest BCUT2D eigenvalue weighted by atomic mass is 10.2. The molecule has 1 atom stereocenters. The number of morpholine rings is 1. The molecule has 4 nitrogen and oxygen atoms in total. The molecule has 1 saturated heterocycles. The summed E-state index contributed by atoms with van der Waals surface area (Å²) in [6.07, 6.45) is 0.769. The molecule has 7 heteroatoms. The molecule has 2 heterocycles. The normalized spacial score (nSPS) is 22.3. The predicted molar refractivity (Wildman–Crippen MR) is 75.5 cm³/mol. The monoisotopic (exact) mass is 353 g/mol. The van der Waals surface area contributed by atoms with Crippen molar-refractivity contribution in [2.75, 3.05) is 19.8 Å². The number of ether oxygens (including phenoxy) is 1. The SMILES string of the molecule is CCC1COCCN1S(=O)(=O)c1cc(C)c(Br)s1. The van der Waals surface area contributed by atoms with E-state index in [0.717, 1.165) is 15.8 Å². The molecule has 0 spiro atoms. The number of halogens is 1. The lowest BCUT2D eigenvalue weighted by Crippen LogP contribution is -2.48. The molecule has 1 aromatic rings.